The largest absolute Gasteiger partial charge is 0.493 e. The highest BCUT2D eigenvalue weighted by Crippen LogP contribution is 2.28. The molecule has 0 bridgehead atoms. The van der Waals surface area contributed by atoms with E-state index in [2.05, 4.69) is 0 Å². The van der Waals surface area contributed by atoms with Crippen molar-refractivity contribution in [1.82, 2.24) is 0 Å². The van der Waals surface area contributed by atoms with Crippen LogP contribution < -0.4 is 4.74 Å². The zero-order valence-corrected chi connectivity index (χ0v) is 8.19. The van der Waals surface area contributed by atoms with Crippen LogP contribution in [0.5, 0.6) is 5.75 Å². The molecule has 0 spiro atoms. The second kappa shape index (κ2) is 3.98. The minimum Gasteiger partial charge on any atom is -0.493 e. The van der Waals surface area contributed by atoms with E-state index in [0.717, 1.165) is 24.3 Å². The van der Waals surface area contributed by atoms with Gasteiger partial charge in [0, 0.05) is 13.5 Å². The summed E-state index contributed by atoms with van der Waals surface area (Å²) in [6.45, 7) is 1.07. The molecule has 14 heavy (non-hydrogen) atoms. The third kappa shape index (κ3) is 1.74. The third-order valence-electron chi connectivity index (χ3n) is 2.43. The number of hydrogen-bond donors (Lipinski definition) is 1. The van der Waals surface area contributed by atoms with E-state index >= 15 is 0 Å². The van der Waals surface area contributed by atoms with Crippen LogP contribution in [0.3, 0.4) is 0 Å². The first-order valence-corrected chi connectivity index (χ1v) is 4.74. The highest BCUT2D eigenvalue weighted by atomic mass is 16.5. The number of aliphatic hydroxyl groups excluding tert-OH is 1. The average Bonchev–Trinajstić information content (AvgIpc) is 2.64. The quantitative estimate of drug-likeness (QED) is 0.788. The van der Waals surface area contributed by atoms with Crippen molar-refractivity contribution in [3.05, 3.63) is 29.3 Å². The number of fused-ring (bicyclic) bond motifs is 1. The molecule has 2 rings (SSSR count). The summed E-state index contributed by atoms with van der Waals surface area (Å²) in [6, 6.07) is 5.83. The molecule has 0 radical (unpaired) electrons. The Hall–Kier alpha value is -1.06. The Balaban J connectivity index is 2.19. The van der Waals surface area contributed by atoms with Crippen LogP contribution in [-0.2, 0) is 11.2 Å². The molecule has 1 aliphatic heterocycles. The fraction of sp³-hybridized carbons (Fsp3) is 0.455. The molecule has 1 unspecified atom stereocenters. The molecule has 3 nitrogen and oxygen atoms in total. The molecule has 3 heteroatoms. The van der Waals surface area contributed by atoms with Crippen molar-refractivity contribution in [2.45, 2.75) is 12.5 Å². The third-order valence-corrected chi connectivity index (χ3v) is 2.43. The summed E-state index contributed by atoms with van der Waals surface area (Å²) in [6.07, 6.45) is 0.408. The number of ether oxygens (including phenoxy) is 2. The molecule has 1 aliphatic rings. The number of aliphatic hydroxyl groups is 1. The molecule has 1 atom stereocenters. The molecule has 0 saturated carbocycles. The van der Waals surface area contributed by atoms with Crippen molar-refractivity contribution in [3.63, 3.8) is 0 Å². The molecule has 1 aromatic rings. The van der Waals surface area contributed by atoms with Gasteiger partial charge in [-0.15, -0.1) is 0 Å². The summed E-state index contributed by atoms with van der Waals surface area (Å²) >= 11 is 0. The van der Waals surface area contributed by atoms with Gasteiger partial charge in [-0.3, -0.25) is 0 Å². The second-order valence-corrected chi connectivity index (χ2v) is 3.44. The van der Waals surface area contributed by atoms with E-state index < -0.39 is 6.10 Å². The van der Waals surface area contributed by atoms with Crippen LogP contribution >= 0.6 is 0 Å². The molecule has 1 heterocycles. The molecule has 76 valence electrons. The van der Waals surface area contributed by atoms with Crippen molar-refractivity contribution < 1.29 is 14.6 Å². The van der Waals surface area contributed by atoms with Gasteiger partial charge < -0.3 is 14.6 Å². The molecular formula is C11H14O3. The minimum absolute atomic E-state index is 0.318. The lowest BCUT2D eigenvalue weighted by Crippen LogP contribution is -2.04. The molecule has 0 saturated heterocycles. The Morgan fingerprint density at radius 1 is 1.57 bits per heavy atom. The predicted octanol–water partition coefficient (Wildman–Crippen LogP) is 1.30. The Bertz CT molecular complexity index is 322. The van der Waals surface area contributed by atoms with Gasteiger partial charge in [-0.25, -0.2) is 0 Å². The summed E-state index contributed by atoms with van der Waals surface area (Å²) in [5.41, 5.74) is 2.07. The lowest BCUT2D eigenvalue weighted by atomic mass is 10.1. The highest BCUT2D eigenvalue weighted by Gasteiger charge is 2.15. The SMILES string of the molecule is COCC(O)c1ccc2c(c1)OCC2. The predicted molar refractivity (Wildman–Crippen MR) is 52.5 cm³/mol. The van der Waals surface area contributed by atoms with Crippen molar-refractivity contribution in [3.8, 4) is 5.75 Å². The van der Waals surface area contributed by atoms with E-state index in [4.69, 9.17) is 9.47 Å². The van der Waals surface area contributed by atoms with E-state index in [1.54, 1.807) is 7.11 Å². The monoisotopic (exact) mass is 194 g/mol. The first-order valence-electron chi connectivity index (χ1n) is 4.74. The van der Waals surface area contributed by atoms with Crippen molar-refractivity contribution in [1.29, 1.82) is 0 Å². The maximum absolute atomic E-state index is 9.67. The Kier molecular flexibility index (Phi) is 2.70. The van der Waals surface area contributed by atoms with Gasteiger partial charge >= 0.3 is 0 Å². The summed E-state index contributed by atoms with van der Waals surface area (Å²) in [5, 5.41) is 9.67. The summed E-state index contributed by atoms with van der Waals surface area (Å²) < 4.78 is 10.3. The van der Waals surface area contributed by atoms with Crippen LogP contribution in [0.4, 0.5) is 0 Å². The first kappa shape index (κ1) is 9.49. The van der Waals surface area contributed by atoms with Crippen molar-refractivity contribution in [2.75, 3.05) is 20.3 Å². The topological polar surface area (TPSA) is 38.7 Å². The molecule has 1 N–H and O–H groups in total. The van der Waals surface area contributed by atoms with Gasteiger partial charge in [0.1, 0.15) is 11.9 Å². The van der Waals surface area contributed by atoms with Crippen LogP contribution in [0, 0.1) is 0 Å². The van der Waals surface area contributed by atoms with Gasteiger partial charge in [-0.05, 0) is 17.2 Å². The maximum Gasteiger partial charge on any atom is 0.122 e. The fourth-order valence-electron chi connectivity index (χ4n) is 1.64. The van der Waals surface area contributed by atoms with Crippen LogP contribution in [0.1, 0.15) is 17.2 Å². The maximum atomic E-state index is 9.67. The molecule has 1 aromatic carbocycles. The van der Waals surface area contributed by atoms with Crippen LogP contribution in [0.25, 0.3) is 0 Å². The van der Waals surface area contributed by atoms with Gasteiger partial charge in [0.25, 0.3) is 0 Å². The zero-order valence-electron chi connectivity index (χ0n) is 8.19. The lowest BCUT2D eigenvalue weighted by Gasteiger charge is -2.10. The summed E-state index contributed by atoms with van der Waals surface area (Å²) in [7, 11) is 1.58. The smallest absolute Gasteiger partial charge is 0.122 e. The van der Waals surface area contributed by atoms with Gasteiger partial charge in [-0.1, -0.05) is 12.1 Å². The normalized spacial score (nSPS) is 16.1. The Morgan fingerprint density at radius 2 is 2.43 bits per heavy atom. The second-order valence-electron chi connectivity index (χ2n) is 3.44. The van der Waals surface area contributed by atoms with E-state index in [1.807, 2.05) is 18.2 Å². The molecule has 0 fully saturated rings. The number of benzene rings is 1. The van der Waals surface area contributed by atoms with E-state index in [9.17, 15) is 5.11 Å². The zero-order chi connectivity index (χ0) is 9.97. The average molecular weight is 194 g/mol. The molecule has 0 amide bonds. The van der Waals surface area contributed by atoms with Crippen LogP contribution in [-0.4, -0.2) is 25.4 Å². The lowest BCUT2D eigenvalue weighted by molar-refractivity contribution is 0.0643. The van der Waals surface area contributed by atoms with Gasteiger partial charge in [-0.2, -0.15) is 0 Å². The van der Waals surface area contributed by atoms with E-state index in [-0.39, 0.29) is 0 Å². The van der Waals surface area contributed by atoms with Gasteiger partial charge in [0.15, 0.2) is 0 Å². The van der Waals surface area contributed by atoms with E-state index in [1.165, 1.54) is 5.56 Å². The molecule has 0 aromatic heterocycles. The van der Waals surface area contributed by atoms with Gasteiger partial charge in [0.2, 0.25) is 0 Å². The first-order chi connectivity index (χ1) is 6.81. The number of rotatable bonds is 3. The summed E-state index contributed by atoms with van der Waals surface area (Å²) in [4.78, 5) is 0. The Morgan fingerprint density at radius 3 is 3.21 bits per heavy atom. The standard InChI is InChI=1S/C11H14O3/c1-13-7-10(12)9-3-2-8-4-5-14-11(8)6-9/h2-3,6,10,12H,4-5,7H2,1H3. The number of methoxy groups -OCH3 is 1. The van der Waals surface area contributed by atoms with Crippen LogP contribution in [0.2, 0.25) is 0 Å². The minimum atomic E-state index is -0.561. The van der Waals surface area contributed by atoms with E-state index in [0.29, 0.717) is 6.61 Å². The fourth-order valence-corrected chi connectivity index (χ4v) is 1.64. The van der Waals surface area contributed by atoms with Gasteiger partial charge in [0.05, 0.1) is 13.2 Å². The van der Waals surface area contributed by atoms with Crippen molar-refractivity contribution >= 4 is 0 Å². The molecular weight excluding hydrogens is 180 g/mol. The highest BCUT2D eigenvalue weighted by molar-refractivity contribution is 5.40. The number of hydrogen-bond acceptors (Lipinski definition) is 3. The summed E-state index contributed by atoms with van der Waals surface area (Å²) in [5.74, 6) is 0.901. The van der Waals surface area contributed by atoms with Crippen molar-refractivity contribution in [2.24, 2.45) is 0 Å². The van der Waals surface area contributed by atoms with Crippen LogP contribution in [0.15, 0.2) is 18.2 Å². The molecule has 0 aliphatic carbocycles. The Labute approximate surface area is 83.3 Å².